The van der Waals surface area contributed by atoms with Crippen LogP contribution in [0.5, 0.6) is 0 Å². The number of anilines is 1. The van der Waals surface area contributed by atoms with Crippen LogP contribution in [0.4, 0.5) is 11.4 Å². The standard InChI is InChI=1S/C13H16N2O4/c1-8-2-5-12(15(18)19)11(6-8)14-10-4-3-9(7-10)13(16)17/h2,5-6,9-10,14H,3-4,7H2,1H3,(H,16,17). The fourth-order valence-electron chi connectivity index (χ4n) is 2.48. The van der Waals surface area contributed by atoms with Crippen molar-refractivity contribution in [3.05, 3.63) is 33.9 Å². The Balaban J connectivity index is 2.13. The number of aryl methyl sites for hydroxylation is 1. The highest BCUT2D eigenvalue weighted by Crippen LogP contribution is 2.32. The van der Waals surface area contributed by atoms with Gasteiger partial charge in [-0.25, -0.2) is 0 Å². The zero-order valence-corrected chi connectivity index (χ0v) is 10.6. The second-order valence-corrected chi connectivity index (χ2v) is 4.97. The Morgan fingerprint density at radius 2 is 2.21 bits per heavy atom. The van der Waals surface area contributed by atoms with Crippen molar-refractivity contribution in [1.82, 2.24) is 0 Å². The summed E-state index contributed by atoms with van der Waals surface area (Å²) >= 11 is 0. The number of hydrogen-bond donors (Lipinski definition) is 2. The number of nitrogens with one attached hydrogen (secondary N) is 1. The summed E-state index contributed by atoms with van der Waals surface area (Å²) in [6.45, 7) is 1.86. The number of benzene rings is 1. The number of carboxylic acids is 1. The quantitative estimate of drug-likeness (QED) is 0.644. The summed E-state index contributed by atoms with van der Waals surface area (Å²) in [7, 11) is 0. The number of aliphatic carboxylic acids is 1. The SMILES string of the molecule is Cc1ccc([N+](=O)[O-])c(NC2CCC(C(=O)O)C2)c1. The Kier molecular flexibility index (Phi) is 3.69. The Labute approximate surface area is 110 Å². The van der Waals surface area contributed by atoms with E-state index in [-0.39, 0.29) is 17.6 Å². The van der Waals surface area contributed by atoms with Crippen LogP contribution in [0.1, 0.15) is 24.8 Å². The van der Waals surface area contributed by atoms with Gasteiger partial charge in [0.25, 0.3) is 5.69 Å². The van der Waals surface area contributed by atoms with Crippen LogP contribution < -0.4 is 5.32 Å². The summed E-state index contributed by atoms with van der Waals surface area (Å²) in [6, 6.07) is 4.88. The van der Waals surface area contributed by atoms with E-state index in [0.717, 1.165) is 12.0 Å². The highest BCUT2D eigenvalue weighted by atomic mass is 16.6. The molecule has 0 heterocycles. The van der Waals surface area contributed by atoms with Crippen molar-refractivity contribution in [2.45, 2.75) is 32.2 Å². The van der Waals surface area contributed by atoms with E-state index in [0.29, 0.717) is 18.5 Å². The average molecular weight is 264 g/mol. The van der Waals surface area contributed by atoms with Gasteiger partial charge in [0.15, 0.2) is 0 Å². The first-order valence-corrected chi connectivity index (χ1v) is 6.21. The third kappa shape index (κ3) is 3.01. The van der Waals surface area contributed by atoms with E-state index in [1.807, 2.05) is 6.92 Å². The molecule has 2 unspecified atom stereocenters. The summed E-state index contributed by atoms with van der Waals surface area (Å²) in [5, 5.41) is 23.0. The highest BCUT2D eigenvalue weighted by Gasteiger charge is 2.30. The molecule has 0 radical (unpaired) electrons. The number of nitrogens with zero attached hydrogens (tertiary/aromatic N) is 1. The van der Waals surface area contributed by atoms with E-state index in [4.69, 9.17) is 5.11 Å². The maximum Gasteiger partial charge on any atom is 0.306 e. The molecule has 1 aliphatic rings. The number of hydrogen-bond acceptors (Lipinski definition) is 4. The van der Waals surface area contributed by atoms with E-state index >= 15 is 0 Å². The van der Waals surface area contributed by atoms with E-state index in [1.54, 1.807) is 12.1 Å². The molecule has 1 aliphatic carbocycles. The molecule has 6 heteroatoms. The van der Waals surface area contributed by atoms with Gasteiger partial charge in [-0.3, -0.25) is 14.9 Å². The van der Waals surface area contributed by atoms with Crippen LogP contribution in [-0.4, -0.2) is 22.0 Å². The molecular weight excluding hydrogens is 248 g/mol. The minimum atomic E-state index is -0.789. The molecule has 0 spiro atoms. The lowest BCUT2D eigenvalue weighted by atomic mass is 10.1. The average Bonchev–Trinajstić information content (AvgIpc) is 2.77. The molecule has 19 heavy (non-hydrogen) atoms. The van der Waals surface area contributed by atoms with Gasteiger partial charge in [-0.05, 0) is 37.8 Å². The number of nitro groups is 1. The van der Waals surface area contributed by atoms with Crippen LogP contribution in [0.15, 0.2) is 18.2 Å². The van der Waals surface area contributed by atoms with Gasteiger partial charge >= 0.3 is 5.97 Å². The molecule has 0 amide bonds. The lowest BCUT2D eigenvalue weighted by Gasteiger charge is -2.14. The maximum absolute atomic E-state index is 11.0. The molecule has 6 nitrogen and oxygen atoms in total. The molecule has 2 rings (SSSR count). The summed E-state index contributed by atoms with van der Waals surface area (Å²) in [6.07, 6.45) is 1.86. The maximum atomic E-state index is 11.0. The number of carboxylic acid groups (broad SMARTS) is 1. The minimum absolute atomic E-state index is 0.0124. The molecule has 1 aromatic carbocycles. The summed E-state index contributed by atoms with van der Waals surface area (Å²) in [5.74, 6) is -1.13. The highest BCUT2D eigenvalue weighted by molar-refractivity contribution is 5.71. The predicted molar refractivity (Wildman–Crippen MR) is 70.2 cm³/mol. The lowest BCUT2D eigenvalue weighted by molar-refractivity contribution is -0.384. The zero-order chi connectivity index (χ0) is 14.0. The first kappa shape index (κ1) is 13.3. The smallest absolute Gasteiger partial charge is 0.306 e. The zero-order valence-electron chi connectivity index (χ0n) is 10.6. The van der Waals surface area contributed by atoms with Crippen molar-refractivity contribution in [2.75, 3.05) is 5.32 Å². The van der Waals surface area contributed by atoms with Gasteiger partial charge in [0.1, 0.15) is 5.69 Å². The molecule has 0 bridgehead atoms. The Bertz CT molecular complexity index is 515. The van der Waals surface area contributed by atoms with Crippen LogP contribution in [0, 0.1) is 23.0 Å². The molecule has 0 aliphatic heterocycles. The number of carbonyl (C=O) groups is 1. The fraction of sp³-hybridized carbons (Fsp3) is 0.462. The van der Waals surface area contributed by atoms with E-state index in [9.17, 15) is 14.9 Å². The monoisotopic (exact) mass is 264 g/mol. The molecule has 2 atom stereocenters. The van der Waals surface area contributed by atoms with Gasteiger partial charge in [-0.15, -0.1) is 0 Å². The van der Waals surface area contributed by atoms with Gasteiger partial charge in [0.2, 0.25) is 0 Å². The molecular formula is C13H16N2O4. The second-order valence-electron chi connectivity index (χ2n) is 4.97. The molecule has 0 saturated heterocycles. The Morgan fingerprint density at radius 1 is 1.47 bits per heavy atom. The largest absolute Gasteiger partial charge is 0.481 e. The molecule has 1 fully saturated rings. The Morgan fingerprint density at radius 3 is 2.79 bits per heavy atom. The van der Waals surface area contributed by atoms with Gasteiger partial charge in [-0.1, -0.05) is 6.07 Å². The van der Waals surface area contributed by atoms with Crippen molar-refractivity contribution >= 4 is 17.3 Å². The van der Waals surface area contributed by atoms with Gasteiger partial charge in [-0.2, -0.15) is 0 Å². The summed E-state index contributed by atoms with van der Waals surface area (Å²) in [5.41, 5.74) is 1.44. The van der Waals surface area contributed by atoms with Gasteiger partial charge in [0.05, 0.1) is 10.8 Å². The summed E-state index contributed by atoms with van der Waals surface area (Å²) < 4.78 is 0. The lowest BCUT2D eigenvalue weighted by Crippen LogP contribution is -2.18. The molecule has 1 aromatic rings. The molecule has 0 aromatic heterocycles. The Hall–Kier alpha value is -2.11. The van der Waals surface area contributed by atoms with Gasteiger partial charge in [0, 0.05) is 12.1 Å². The van der Waals surface area contributed by atoms with Crippen molar-refractivity contribution in [1.29, 1.82) is 0 Å². The summed E-state index contributed by atoms with van der Waals surface area (Å²) in [4.78, 5) is 21.4. The second kappa shape index (κ2) is 5.26. The third-order valence-corrected chi connectivity index (χ3v) is 3.49. The normalized spacial score (nSPS) is 22.2. The van der Waals surface area contributed by atoms with Crippen molar-refractivity contribution in [2.24, 2.45) is 5.92 Å². The minimum Gasteiger partial charge on any atom is -0.481 e. The van der Waals surface area contributed by atoms with Crippen LogP contribution in [0.25, 0.3) is 0 Å². The number of rotatable bonds is 4. The first-order valence-electron chi connectivity index (χ1n) is 6.21. The van der Waals surface area contributed by atoms with Crippen molar-refractivity contribution < 1.29 is 14.8 Å². The van der Waals surface area contributed by atoms with E-state index in [2.05, 4.69) is 5.32 Å². The molecule has 2 N–H and O–H groups in total. The van der Waals surface area contributed by atoms with Crippen LogP contribution in [0.2, 0.25) is 0 Å². The van der Waals surface area contributed by atoms with Crippen LogP contribution in [0.3, 0.4) is 0 Å². The van der Waals surface area contributed by atoms with Gasteiger partial charge < -0.3 is 10.4 Å². The number of nitro benzene ring substituents is 1. The topological polar surface area (TPSA) is 92.5 Å². The molecule has 1 saturated carbocycles. The predicted octanol–water partition coefficient (Wildman–Crippen LogP) is 2.57. The molecule has 102 valence electrons. The van der Waals surface area contributed by atoms with Crippen LogP contribution >= 0.6 is 0 Å². The van der Waals surface area contributed by atoms with Crippen molar-refractivity contribution in [3.8, 4) is 0 Å². The third-order valence-electron chi connectivity index (χ3n) is 3.49. The first-order chi connectivity index (χ1) is 8.97. The van der Waals surface area contributed by atoms with Crippen LogP contribution in [-0.2, 0) is 4.79 Å². The van der Waals surface area contributed by atoms with Crippen molar-refractivity contribution in [3.63, 3.8) is 0 Å². The fourth-order valence-corrected chi connectivity index (χ4v) is 2.48. The van der Waals surface area contributed by atoms with E-state index in [1.165, 1.54) is 6.07 Å². The van der Waals surface area contributed by atoms with E-state index < -0.39 is 10.9 Å².